The summed E-state index contributed by atoms with van der Waals surface area (Å²) in [5.41, 5.74) is 1.11. The monoisotopic (exact) mass is 338 g/mol. The van der Waals surface area contributed by atoms with E-state index in [9.17, 15) is 14.3 Å². The number of hydrogen-bond acceptors (Lipinski definition) is 4. The van der Waals surface area contributed by atoms with Crippen LogP contribution in [0.4, 0.5) is 4.39 Å². The van der Waals surface area contributed by atoms with Crippen molar-refractivity contribution in [3.05, 3.63) is 52.8 Å². The number of aliphatic hydroxyl groups is 1. The Hall–Kier alpha value is -1.96. The van der Waals surface area contributed by atoms with Gasteiger partial charge in [0.05, 0.1) is 29.7 Å². The van der Waals surface area contributed by atoms with E-state index in [0.717, 1.165) is 5.56 Å². The molecule has 0 saturated carbocycles. The van der Waals surface area contributed by atoms with Crippen LogP contribution in [0.2, 0.25) is 5.02 Å². The van der Waals surface area contributed by atoms with E-state index >= 15 is 0 Å². The second kappa shape index (κ2) is 6.66. The van der Waals surface area contributed by atoms with Gasteiger partial charge in [0.2, 0.25) is 0 Å². The molecule has 1 fully saturated rings. The van der Waals surface area contributed by atoms with Crippen molar-refractivity contribution >= 4 is 17.5 Å². The Kier molecular flexibility index (Phi) is 4.61. The van der Waals surface area contributed by atoms with Crippen molar-refractivity contribution in [2.24, 2.45) is 0 Å². The van der Waals surface area contributed by atoms with Crippen LogP contribution in [0.3, 0.4) is 0 Å². The highest BCUT2D eigenvalue weighted by Gasteiger charge is 2.32. The van der Waals surface area contributed by atoms with Gasteiger partial charge in [0, 0.05) is 19.6 Å². The van der Waals surface area contributed by atoms with Gasteiger partial charge in [-0.05, 0) is 17.7 Å². The molecule has 1 aliphatic heterocycles. The summed E-state index contributed by atoms with van der Waals surface area (Å²) < 4.78 is 13.5. The fourth-order valence-electron chi connectivity index (χ4n) is 2.66. The molecule has 122 valence electrons. The van der Waals surface area contributed by atoms with Gasteiger partial charge in [-0.1, -0.05) is 17.7 Å². The number of hydrogen-bond donors (Lipinski definition) is 3. The molecular weight excluding hydrogens is 323 g/mol. The number of carbonyl (C=O) groups is 1. The standard InChI is InChI=1S/C15H16ClFN4O2/c16-10-2-1-9(3-11(10)17)5-21-6-13(14(22)7-21)20-15(23)12-4-18-8-19-12/h1-4,8,13-14,22H,5-7H2,(H,18,19)(H,20,23)/t13-,14-/m1/s1. The van der Waals surface area contributed by atoms with E-state index in [4.69, 9.17) is 11.6 Å². The molecule has 1 aromatic carbocycles. The molecule has 3 N–H and O–H groups in total. The van der Waals surface area contributed by atoms with Crippen molar-refractivity contribution in [1.29, 1.82) is 0 Å². The Morgan fingerprint density at radius 3 is 3.04 bits per heavy atom. The molecular formula is C15H16ClFN4O2. The Balaban J connectivity index is 1.59. The average molecular weight is 339 g/mol. The topological polar surface area (TPSA) is 81.2 Å². The van der Waals surface area contributed by atoms with Gasteiger partial charge in [-0.2, -0.15) is 0 Å². The van der Waals surface area contributed by atoms with Crippen molar-refractivity contribution in [3.63, 3.8) is 0 Å². The third-order valence-electron chi connectivity index (χ3n) is 3.81. The van der Waals surface area contributed by atoms with Crippen LogP contribution >= 0.6 is 11.6 Å². The van der Waals surface area contributed by atoms with Gasteiger partial charge in [-0.3, -0.25) is 9.69 Å². The van der Waals surface area contributed by atoms with Gasteiger partial charge in [-0.25, -0.2) is 9.37 Å². The highest BCUT2D eigenvalue weighted by Crippen LogP contribution is 2.19. The summed E-state index contributed by atoms with van der Waals surface area (Å²) in [4.78, 5) is 20.4. The Bertz CT molecular complexity index is 695. The first kappa shape index (κ1) is 15.9. The molecule has 0 radical (unpaired) electrons. The van der Waals surface area contributed by atoms with E-state index in [2.05, 4.69) is 15.3 Å². The summed E-state index contributed by atoms with van der Waals surface area (Å²) in [5, 5.41) is 13.0. The number of H-pyrrole nitrogens is 1. The van der Waals surface area contributed by atoms with Crippen LogP contribution < -0.4 is 5.32 Å². The highest BCUT2D eigenvalue weighted by molar-refractivity contribution is 6.30. The molecule has 1 amide bonds. The van der Waals surface area contributed by atoms with Crippen LogP contribution in [0, 0.1) is 5.82 Å². The number of likely N-dealkylation sites (tertiary alicyclic amines) is 1. The van der Waals surface area contributed by atoms with Crippen molar-refractivity contribution in [2.45, 2.75) is 18.7 Å². The fraction of sp³-hybridized carbons (Fsp3) is 0.333. The number of halogens is 2. The normalized spacial score (nSPS) is 21.5. The summed E-state index contributed by atoms with van der Waals surface area (Å²) in [5.74, 6) is -0.779. The quantitative estimate of drug-likeness (QED) is 0.782. The first-order valence-electron chi connectivity index (χ1n) is 7.16. The molecule has 23 heavy (non-hydrogen) atoms. The van der Waals surface area contributed by atoms with Crippen LogP contribution in [0.5, 0.6) is 0 Å². The number of nitrogens with zero attached hydrogens (tertiary/aromatic N) is 2. The lowest BCUT2D eigenvalue weighted by Crippen LogP contribution is -2.42. The zero-order chi connectivity index (χ0) is 16.4. The second-order valence-corrected chi connectivity index (χ2v) is 5.96. The lowest BCUT2D eigenvalue weighted by molar-refractivity contribution is 0.0883. The van der Waals surface area contributed by atoms with Crippen LogP contribution in [0.1, 0.15) is 16.1 Å². The molecule has 6 nitrogen and oxygen atoms in total. The van der Waals surface area contributed by atoms with Gasteiger partial charge < -0.3 is 15.4 Å². The molecule has 0 aliphatic carbocycles. The van der Waals surface area contributed by atoms with Gasteiger partial charge >= 0.3 is 0 Å². The summed E-state index contributed by atoms with van der Waals surface area (Å²) in [6.45, 7) is 1.35. The number of β-amino-alcohol motifs (C(OH)–C–C–N with tert-alkyl or cyclic N) is 1. The molecule has 1 aromatic heterocycles. The third-order valence-corrected chi connectivity index (χ3v) is 4.12. The smallest absolute Gasteiger partial charge is 0.269 e. The van der Waals surface area contributed by atoms with E-state index in [-0.39, 0.29) is 17.0 Å². The number of benzene rings is 1. The maximum atomic E-state index is 13.5. The fourth-order valence-corrected chi connectivity index (χ4v) is 2.78. The molecule has 0 spiro atoms. The van der Waals surface area contributed by atoms with Crippen molar-refractivity contribution in [3.8, 4) is 0 Å². The highest BCUT2D eigenvalue weighted by atomic mass is 35.5. The number of aromatic amines is 1. The summed E-state index contributed by atoms with van der Waals surface area (Å²) in [7, 11) is 0. The lowest BCUT2D eigenvalue weighted by atomic mass is 10.2. The molecule has 1 aliphatic rings. The van der Waals surface area contributed by atoms with Gasteiger partial charge in [0.25, 0.3) is 5.91 Å². The van der Waals surface area contributed by atoms with Crippen molar-refractivity contribution < 1.29 is 14.3 Å². The number of imidazole rings is 1. The first-order valence-corrected chi connectivity index (χ1v) is 7.54. The minimum absolute atomic E-state index is 0.0832. The second-order valence-electron chi connectivity index (χ2n) is 5.56. The van der Waals surface area contributed by atoms with Gasteiger partial charge in [0.15, 0.2) is 0 Å². The molecule has 1 saturated heterocycles. The number of aromatic nitrogens is 2. The predicted octanol–water partition coefficient (Wildman–Crippen LogP) is 1.18. The average Bonchev–Trinajstić information content (AvgIpc) is 3.14. The van der Waals surface area contributed by atoms with Crippen LogP contribution in [0.15, 0.2) is 30.7 Å². The van der Waals surface area contributed by atoms with E-state index in [1.807, 2.05) is 4.90 Å². The number of aliphatic hydroxyl groups excluding tert-OH is 1. The number of rotatable bonds is 4. The molecule has 2 heterocycles. The number of carbonyl (C=O) groups excluding carboxylic acids is 1. The molecule has 3 rings (SSSR count). The largest absolute Gasteiger partial charge is 0.390 e. The minimum atomic E-state index is -0.681. The van der Waals surface area contributed by atoms with E-state index < -0.39 is 11.9 Å². The minimum Gasteiger partial charge on any atom is -0.390 e. The molecule has 2 aromatic rings. The Morgan fingerprint density at radius 2 is 2.35 bits per heavy atom. The zero-order valence-electron chi connectivity index (χ0n) is 12.2. The molecule has 8 heteroatoms. The van der Waals surface area contributed by atoms with Crippen molar-refractivity contribution in [2.75, 3.05) is 13.1 Å². The summed E-state index contributed by atoms with van der Waals surface area (Å²) in [6, 6.07) is 4.25. The third kappa shape index (κ3) is 3.69. The van der Waals surface area contributed by atoms with Crippen LogP contribution in [-0.2, 0) is 6.54 Å². The zero-order valence-corrected chi connectivity index (χ0v) is 12.9. The molecule has 2 atom stereocenters. The molecule has 0 bridgehead atoms. The van der Waals surface area contributed by atoms with Crippen molar-refractivity contribution in [1.82, 2.24) is 20.2 Å². The van der Waals surface area contributed by atoms with Gasteiger partial charge in [0.1, 0.15) is 11.5 Å². The lowest BCUT2D eigenvalue weighted by Gasteiger charge is -2.16. The van der Waals surface area contributed by atoms with E-state index in [0.29, 0.717) is 25.3 Å². The van der Waals surface area contributed by atoms with Gasteiger partial charge in [-0.15, -0.1) is 0 Å². The summed E-state index contributed by atoms with van der Waals surface area (Å²) >= 11 is 5.67. The Labute approximate surface area is 137 Å². The maximum absolute atomic E-state index is 13.5. The predicted molar refractivity (Wildman–Crippen MR) is 82.5 cm³/mol. The van der Waals surface area contributed by atoms with Crippen LogP contribution in [-0.4, -0.2) is 51.1 Å². The first-order chi connectivity index (χ1) is 11.0. The summed E-state index contributed by atoms with van der Waals surface area (Å²) in [6.07, 6.45) is 2.16. The molecule has 0 unspecified atom stereocenters. The maximum Gasteiger partial charge on any atom is 0.269 e. The SMILES string of the molecule is O=C(N[C@@H]1CN(Cc2ccc(Cl)c(F)c2)C[C@H]1O)c1cnc[nH]1. The Morgan fingerprint density at radius 1 is 1.52 bits per heavy atom. The number of amides is 1. The van der Waals surface area contributed by atoms with E-state index in [1.54, 1.807) is 6.07 Å². The van der Waals surface area contributed by atoms with E-state index in [1.165, 1.54) is 24.7 Å². The number of nitrogens with one attached hydrogen (secondary N) is 2. The van der Waals surface area contributed by atoms with Crippen LogP contribution in [0.25, 0.3) is 0 Å².